The molecule has 0 aliphatic rings. The van der Waals surface area contributed by atoms with Crippen molar-refractivity contribution in [2.75, 3.05) is 26.0 Å². The van der Waals surface area contributed by atoms with E-state index in [1.165, 1.54) is 6.33 Å². The van der Waals surface area contributed by atoms with Gasteiger partial charge in [0.25, 0.3) is 0 Å². The summed E-state index contributed by atoms with van der Waals surface area (Å²) in [6.07, 6.45) is 3.15. The quantitative estimate of drug-likeness (QED) is 0.657. The molecule has 0 bridgehead atoms. The highest BCUT2D eigenvalue weighted by molar-refractivity contribution is 6.31. The minimum Gasteiger partial charge on any atom is -0.495 e. The molecule has 3 rings (SSSR count). The topological polar surface area (TPSA) is 72.3 Å². The van der Waals surface area contributed by atoms with Gasteiger partial charge in [0.2, 0.25) is 5.91 Å². The number of rotatable bonds is 7. The number of carbonyl (C=O) groups excluding carboxylic acids is 1. The number of amides is 1. The molecule has 2 aromatic carbocycles. The zero-order valence-electron chi connectivity index (χ0n) is 16.0. The second-order valence-electron chi connectivity index (χ2n) is 6.42. The van der Waals surface area contributed by atoms with Crippen molar-refractivity contribution >= 4 is 23.2 Å². The molecule has 0 spiro atoms. The van der Waals surface area contributed by atoms with Crippen molar-refractivity contribution in [3.8, 4) is 11.4 Å². The lowest BCUT2D eigenvalue weighted by atomic mass is 10.1. The van der Waals surface area contributed by atoms with Gasteiger partial charge in [0.1, 0.15) is 18.4 Å². The number of anilines is 1. The predicted octanol–water partition coefficient (Wildman–Crippen LogP) is 3.56. The van der Waals surface area contributed by atoms with Crippen molar-refractivity contribution in [1.82, 2.24) is 19.7 Å². The molecule has 1 amide bonds. The highest BCUT2D eigenvalue weighted by Crippen LogP contribution is 2.28. The van der Waals surface area contributed by atoms with E-state index in [9.17, 15) is 4.79 Å². The highest BCUT2D eigenvalue weighted by Gasteiger charge is 2.16. The van der Waals surface area contributed by atoms with E-state index in [0.717, 1.165) is 11.3 Å². The predicted molar refractivity (Wildman–Crippen MR) is 109 cm³/mol. The fourth-order valence-corrected chi connectivity index (χ4v) is 3.00. The van der Waals surface area contributed by atoms with Crippen LogP contribution in [0.15, 0.2) is 55.1 Å². The number of halogens is 1. The van der Waals surface area contributed by atoms with Crippen molar-refractivity contribution in [3.63, 3.8) is 0 Å². The van der Waals surface area contributed by atoms with Crippen LogP contribution in [-0.2, 0) is 4.79 Å². The number of hydrogen-bond donors (Lipinski definition) is 1. The molecule has 0 unspecified atom stereocenters. The second kappa shape index (κ2) is 8.86. The molecule has 0 radical (unpaired) electrons. The number of nitrogens with zero attached hydrogens (tertiary/aromatic N) is 4. The van der Waals surface area contributed by atoms with E-state index >= 15 is 0 Å². The molecule has 3 aromatic rings. The summed E-state index contributed by atoms with van der Waals surface area (Å²) in [7, 11) is 3.46. The summed E-state index contributed by atoms with van der Waals surface area (Å²) < 4.78 is 6.96. The van der Waals surface area contributed by atoms with Gasteiger partial charge >= 0.3 is 0 Å². The fraction of sp³-hybridized carbons (Fsp3) is 0.250. The van der Waals surface area contributed by atoms with Gasteiger partial charge in [-0.25, -0.2) is 9.67 Å². The Kier molecular flexibility index (Phi) is 6.28. The Morgan fingerprint density at radius 3 is 2.68 bits per heavy atom. The Morgan fingerprint density at radius 1 is 1.29 bits per heavy atom. The Labute approximate surface area is 168 Å². The summed E-state index contributed by atoms with van der Waals surface area (Å²) in [6, 6.07) is 13.2. The number of benzene rings is 2. The molecule has 1 atom stereocenters. The molecule has 0 aliphatic carbocycles. The molecule has 0 aliphatic heterocycles. The minimum atomic E-state index is -0.144. The van der Waals surface area contributed by atoms with E-state index in [0.29, 0.717) is 16.5 Å². The zero-order valence-corrected chi connectivity index (χ0v) is 16.7. The summed E-state index contributed by atoms with van der Waals surface area (Å²) in [5.74, 6) is 0.423. The molecule has 146 valence electrons. The normalized spacial score (nSPS) is 12.0. The van der Waals surface area contributed by atoms with E-state index in [2.05, 4.69) is 22.3 Å². The zero-order chi connectivity index (χ0) is 20.1. The van der Waals surface area contributed by atoms with Crippen LogP contribution in [0.2, 0.25) is 5.02 Å². The summed E-state index contributed by atoms with van der Waals surface area (Å²) in [6.45, 7) is 2.28. The van der Waals surface area contributed by atoms with Crippen LogP contribution in [0.4, 0.5) is 5.69 Å². The van der Waals surface area contributed by atoms with Gasteiger partial charge in [-0.2, -0.15) is 5.10 Å². The molecule has 0 saturated carbocycles. The lowest BCUT2D eigenvalue weighted by Crippen LogP contribution is -2.32. The van der Waals surface area contributed by atoms with Crippen LogP contribution in [0.3, 0.4) is 0 Å². The van der Waals surface area contributed by atoms with Gasteiger partial charge in [-0.05, 0) is 49.9 Å². The van der Waals surface area contributed by atoms with Crippen LogP contribution in [-0.4, -0.2) is 46.3 Å². The molecule has 1 N–H and O–H groups in total. The average molecular weight is 400 g/mol. The standard InChI is InChI=1S/C20H22ClN5O2/c1-14(15-4-7-17(8-5-15)26-13-22-12-23-26)25(2)11-20(27)24-18-10-16(21)6-9-19(18)28-3/h4-10,12-14H,11H2,1-3H3,(H,24,27)/t14-/m0/s1. The summed E-state index contributed by atoms with van der Waals surface area (Å²) >= 11 is 6.02. The molecular weight excluding hydrogens is 378 g/mol. The van der Waals surface area contributed by atoms with E-state index in [1.807, 2.05) is 36.2 Å². The van der Waals surface area contributed by atoms with E-state index in [-0.39, 0.29) is 18.5 Å². The number of hydrogen-bond acceptors (Lipinski definition) is 5. The maximum atomic E-state index is 12.5. The third-order valence-electron chi connectivity index (χ3n) is 4.55. The minimum absolute atomic E-state index is 0.0526. The number of methoxy groups -OCH3 is 1. The Balaban J connectivity index is 1.63. The Hall–Kier alpha value is -2.90. The van der Waals surface area contributed by atoms with E-state index in [4.69, 9.17) is 16.3 Å². The largest absolute Gasteiger partial charge is 0.495 e. The Morgan fingerprint density at radius 2 is 2.04 bits per heavy atom. The molecule has 0 saturated heterocycles. The first kappa shape index (κ1) is 19.9. The van der Waals surface area contributed by atoms with E-state index < -0.39 is 0 Å². The lowest BCUT2D eigenvalue weighted by Gasteiger charge is -2.25. The maximum absolute atomic E-state index is 12.5. The highest BCUT2D eigenvalue weighted by atomic mass is 35.5. The van der Waals surface area contributed by atoms with Gasteiger partial charge in [0, 0.05) is 11.1 Å². The first-order valence-electron chi connectivity index (χ1n) is 8.76. The number of likely N-dealkylation sites (N-methyl/N-ethyl adjacent to an activating group) is 1. The monoisotopic (exact) mass is 399 g/mol. The van der Waals surface area contributed by atoms with Gasteiger partial charge in [-0.1, -0.05) is 23.7 Å². The van der Waals surface area contributed by atoms with Crippen LogP contribution in [0.1, 0.15) is 18.5 Å². The molecule has 28 heavy (non-hydrogen) atoms. The third kappa shape index (κ3) is 4.68. The number of ether oxygens (including phenoxy) is 1. The van der Waals surface area contributed by atoms with Crippen LogP contribution >= 0.6 is 11.6 Å². The van der Waals surface area contributed by atoms with Crippen molar-refractivity contribution < 1.29 is 9.53 Å². The fourth-order valence-electron chi connectivity index (χ4n) is 2.83. The Bertz CT molecular complexity index is 928. The van der Waals surface area contributed by atoms with Gasteiger partial charge in [0.05, 0.1) is 25.0 Å². The SMILES string of the molecule is COc1ccc(Cl)cc1NC(=O)CN(C)[C@@H](C)c1ccc(-n2cncn2)cc1. The summed E-state index contributed by atoms with van der Waals surface area (Å²) in [5.41, 5.74) is 2.58. The smallest absolute Gasteiger partial charge is 0.238 e. The molecule has 7 nitrogen and oxygen atoms in total. The van der Waals surface area contributed by atoms with Gasteiger partial charge < -0.3 is 10.1 Å². The molecular formula is C20H22ClN5O2. The molecule has 1 heterocycles. The first-order chi connectivity index (χ1) is 13.5. The van der Waals surface area contributed by atoms with E-state index in [1.54, 1.807) is 36.3 Å². The summed E-state index contributed by atoms with van der Waals surface area (Å²) in [4.78, 5) is 18.4. The lowest BCUT2D eigenvalue weighted by molar-refractivity contribution is -0.117. The first-order valence-corrected chi connectivity index (χ1v) is 9.14. The van der Waals surface area contributed by atoms with Gasteiger partial charge in [0.15, 0.2) is 0 Å². The number of aromatic nitrogens is 3. The van der Waals surface area contributed by atoms with Gasteiger partial charge in [-0.15, -0.1) is 0 Å². The number of carbonyl (C=O) groups is 1. The molecule has 1 aromatic heterocycles. The van der Waals surface area contributed by atoms with Crippen LogP contribution in [0.25, 0.3) is 5.69 Å². The van der Waals surface area contributed by atoms with Crippen molar-refractivity contribution in [2.45, 2.75) is 13.0 Å². The van der Waals surface area contributed by atoms with Crippen molar-refractivity contribution in [3.05, 3.63) is 65.7 Å². The van der Waals surface area contributed by atoms with Gasteiger partial charge in [-0.3, -0.25) is 9.69 Å². The summed E-state index contributed by atoms with van der Waals surface area (Å²) in [5, 5.41) is 7.51. The molecule has 8 heteroatoms. The number of nitrogens with one attached hydrogen (secondary N) is 1. The van der Waals surface area contributed by atoms with Crippen molar-refractivity contribution in [1.29, 1.82) is 0 Å². The van der Waals surface area contributed by atoms with Crippen LogP contribution in [0, 0.1) is 0 Å². The van der Waals surface area contributed by atoms with Crippen LogP contribution in [0.5, 0.6) is 5.75 Å². The molecule has 0 fully saturated rings. The van der Waals surface area contributed by atoms with Crippen molar-refractivity contribution in [2.24, 2.45) is 0 Å². The average Bonchev–Trinajstić information content (AvgIpc) is 3.22. The maximum Gasteiger partial charge on any atom is 0.238 e. The second-order valence-corrected chi connectivity index (χ2v) is 6.85. The van der Waals surface area contributed by atoms with Crippen LogP contribution < -0.4 is 10.1 Å². The third-order valence-corrected chi connectivity index (χ3v) is 4.78.